The zero-order chi connectivity index (χ0) is 16.7. The fourth-order valence-electron chi connectivity index (χ4n) is 2.58. The summed E-state index contributed by atoms with van der Waals surface area (Å²) in [6.07, 6.45) is 0.772. The normalized spacial score (nSPS) is 16.0. The number of ether oxygens (including phenoxy) is 1. The molecule has 8 nitrogen and oxygen atoms in total. The number of hydrogen-bond donors (Lipinski definition) is 1. The molecule has 1 unspecified atom stereocenters. The summed E-state index contributed by atoms with van der Waals surface area (Å²) >= 11 is 0. The molecular weight excluding hydrogens is 369 g/mol. The van der Waals surface area contributed by atoms with Crippen molar-refractivity contribution in [3.63, 3.8) is 0 Å². The quantitative estimate of drug-likeness (QED) is 0.652. The molecule has 2 heterocycles. The zero-order valence-corrected chi connectivity index (χ0v) is 16.7. The molecule has 1 aromatic heterocycles. The number of aromatic nitrogens is 2. The second-order valence-electron chi connectivity index (χ2n) is 5.66. The molecule has 25 heavy (non-hydrogen) atoms. The second-order valence-corrected chi connectivity index (χ2v) is 5.66. The molecule has 146 valence electrons. The Morgan fingerprint density at radius 1 is 1.32 bits per heavy atom. The first-order valence-corrected chi connectivity index (χ1v) is 8.19. The summed E-state index contributed by atoms with van der Waals surface area (Å²) in [5.74, 6) is 1.53. The van der Waals surface area contributed by atoms with Crippen molar-refractivity contribution in [1.82, 2.24) is 25.3 Å². The predicted octanol–water partition coefficient (Wildman–Crippen LogP) is 0.917. The monoisotopic (exact) mass is 397 g/mol. The number of methoxy groups -OCH3 is 1. The van der Waals surface area contributed by atoms with Crippen LogP contribution in [0.15, 0.2) is 4.52 Å². The van der Waals surface area contributed by atoms with E-state index in [2.05, 4.69) is 27.3 Å². The van der Waals surface area contributed by atoms with E-state index in [0.717, 1.165) is 38.4 Å². The van der Waals surface area contributed by atoms with Crippen LogP contribution in [0.2, 0.25) is 0 Å². The Labute approximate surface area is 161 Å². The van der Waals surface area contributed by atoms with Crippen molar-refractivity contribution in [2.45, 2.75) is 26.3 Å². The predicted molar refractivity (Wildman–Crippen MR) is 99.5 cm³/mol. The van der Waals surface area contributed by atoms with Crippen LogP contribution in [-0.4, -0.2) is 78.8 Å². The van der Waals surface area contributed by atoms with Crippen LogP contribution in [0.1, 0.15) is 31.6 Å². The van der Waals surface area contributed by atoms with E-state index in [9.17, 15) is 4.79 Å². The first kappa shape index (κ1) is 24.1. The van der Waals surface area contributed by atoms with Crippen molar-refractivity contribution < 1.29 is 14.1 Å². The van der Waals surface area contributed by atoms with Gasteiger partial charge in [-0.3, -0.25) is 9.69 Å². The zero-order valence-electron chi connectivity index (χ0n) is 15.1. The molecule has 1 saturated heterocycles. The summed E-state index contributed by atoms with van der Waals surface area (Å²) in [5.41, 5.74) is 0. The number of piperazine rings is 1. The molecule has 1 atom stereocenters. The number of carbonyl (C=O) groups is 1. The summed E-state index contributed by atoms with van der Waals surface area (Å²) < 4.78 is 10.3. The summed E-state index contributed by atoms with van der Waals surface area (Å²) in [5, 5.41) is 7.04. The topological polar surface area (TPSA) is 83.7 Å². The lowest BCUT2D eigenvalue weighted by molar-refractivity contribution is -0.132. The molecule has 0 radical (unpaired) electrons. The SMILES string of the molecule is CCc1noc(C(C)N2CCN(C(=O)CNCCOC)CC2)n1.Cl.Cl. The van der Waals surface area contributed by atoms with E-state index in [4.69, 9.17) is 9.26 Å². The maximum Gasteiger partial charge on any atom is 0.243 e. The highest BCUT2D eigenvalue weighted by molar-refractivity contribution is 5.85. The Morgan fingerprint density at radius 2 is 2.00 bits per heavy atom. The molecule has 1 aromatic rings. The van der Waals surface area contributed by atoms with Gasteiger partial charge in [-0.25, -0.2) is 0 Å². The minimum Gasteiger partial charge on any atom is -0.383 e. The van der Waals surface area contributed by atoms with Crippen LogP contribution in [0.3, 0.4) is 0 Å². The lowest BCUT2D eigenvalue weighted by Crippen LogP contribution is -2.51. The highest BCUT2D eigenvalue weighted by Gasteiger charge is 2.27. The molecular formula is C15H29Cl2N5O3. The van der Waals surface area contributed by atoms with Crippen molar-refractivity contribution in [2.24, 2.45) is 0 Å². The largest absolute Gasteiger partial charge is 0.383 e. The standard InChI is InChI=1S/C15H27N5O3.2ClH/c1-4-13-17-15(23-18-13)12(2)19-6-8-20(9-7-19)14(21)11-16-5-10-22-3;;/h12,16H,4-11H2,1-3H3;2*1H. The molecule has 1 amide bonds. The third-order valence-corrected chi connectivity index (χ3v) is 4.13. The van der Waals surface area contributed by atoms with Gasteiger partial charge in [-0.1, -0.05) is 12.1 Å². The number of carbonyl (C=O) groups excluding carboxylic acids is 1. The lowest BCUT2D eigenvalue weighted by Gasteiger charge is -2.36. The van der Waals surface area contributed by atoms with E-state index in [0.29, 0.717) is 25.6 Å². The van der Waals surface area contributed by atoms with Gasteiger partial charge in [-0.05, 0) is 6.92 Å². The molecule has 1 fully saturated rings. The number of amides is 1. The molecule has 2 rings (SSSR count). The molecule has 0 aromatic carbocycles. The van der Waals surface area contributed by atoms with Gasteiger partial charge < -0.3 is 19.5 Å². The number of rotatable bonds is 8. The van der Waals surface area contributed by atoms with Gasteiger partial charge in [0.25, 0.3) is 0 Å². The maximum absolute atomic E-state index is 12.1. The maximum atomic E-state index is 12.1. The smallest absolute Gasteiger partial charge is 0.243 e. The average Bonchev–Trinajstić information content (AvgIpc) is 3.07. The third kappa shape index (κ3) is 7.07. The van der Waals surface area contributed by atoms with E-state index in [1.54, 1.807) is 7.11 Å². The molecule has 0 bridgehead atoms. The third-order valence-electron chi connectivity index (χ3n) is 4.13. The van der Waals surface area contributed by atoms with Crippen LogP contribution in [0.4, 0.5) is 0 Å². The van der Waals surface area contributed by atoms with Gasteiger partial charge in [-0.15, -0.1) is 24.8 Å². The van der Waals surface area contributed by atoms with Gasteiger partial charge in [0.05, 0.1) is 19.2 Å². The Kier molecular flexibility index (Phi) is 12.0. The Morgan fingerprint density at radius 3 is 2.56 bits per heavy atom. The van der Waals surface area contributed by atoms with E-state index in [-0.39, 0.29) is 36.8 Å². The molecule has 1 N–H and O–H groups in total. The summed E-state index contributed by atoms with van der Waals surface area (Å²) in [6, 6.07) is 0.0832. The van der Waals surface area contributed by atoms with Crippen LogP contribution in [0.5, 0.6) is 0 Å². The van der Waals surface area contributed by atoms with Crippen LogP contribution in [0.25, 0.3) is 0 Å². The number of aryl methyl sites for hydroxylation is 1. The molecule has 1 aliphatic rings. The Balaban J connectivity index is 0.00000288. The molecule has 1 aliphatic heterocycles. The van der Waals surface area contributed by atoms with Crippen LogP contribution >= 0.6 is 24.8 Å². The summed E-state index contributed by atoms with van der Waals surface area (Å²) in [7, 11) is 1.65. The number of halogens is 2. The first-order valence-electron chi connectivity index (χ1n) is 8.19. The number of hydrogen-bond acceptors (Lipinski definition) is 7. The van der Waals surface area contributed by atoms with Gasteiger partial charge in [0.2, 0.25) is 11.8 Å². The van der Waals surface area contributed by atoms with E-state index in [1.807, 2.05) is 11.8 Å². The van der Waals surface area contributed by atoms with Gasteiger partial charge in [0.15, 0.2) is 5.82 Å². The van der Waals surface area contributed by atoms with Crippen molar-refractivity contribution >= 4 is 30.7 Å². The van der Waals surface area contributed by atoms with Crippen LogP contribution in [-0.2, 0) is 16.0 Å². The second kappa shape index (κ2) is 12.4. The summed E-state index contributed by atoms with van der Waals surface area (Å²) in [4.78, 5) is 20.7. The van der Waals surface area contributed by atoms with Gasteiger partial charge >= 0.3 is 0 Å². The van der Waals surface area contributed by atoms with Crippen molar-refractivity contribution in [3.8, 4) is 0 Å². The molecule has 10 heteroatoms. The number of nitrogens with zero attached hydrogens (tertiary/aromatic N) is 4. The summed E-state index contributed by atoms with van der Waals surface area (Å²) in [6.45, 7) is 8.82. The highest BCUT2D eigenvalue weighted by Crippen LogP contribution is 2.20. The van der Waals surface area contributed by atoms with Crippen molar-refractivity contribution in [2.75, 3.05) is 53.0 Å². The molecule has 0 aliphatic carbocycles. The van der Waals surface area contributed by atoms with Gasteiger partial charge in [0, 0.05) is 46.3 Å². The van der Waals surface area contributed by atoms with Gasteiger partial charge in [-0.2, -0.15) is 4.98 Å². The van der Waals surface area contributed by atoms with Crippen molar-refractivity contribution in [3.05, 3.63) is 11.7 Å². The minimum atomic E-state index is 0. The fraction of sp³-hybridized carbons (Fsp3) is 0.800. The van der Waals surface area contributed by atoms with E-state index >= 15 is 0 Å². The van der Waals surface area contributed by atoms with Crippen LogP contribution in [0, 0.1) is 0 Å². The first-order chi connectivity index (χ1) is 11.2. The molecule has 0 spiro atoms. The highest BCUT2D eigenvalue weighted by atomic mass is 35.5. The minimum absolute atomic E-state index is 0. The Bertz CT molecular complexity index is 495. The Hall–Kier alpha value is -0.930. The van der Waals surface area contributed by atoms with E-state index in [1.165, 1.54) is 0 Å². The number of nitrogens with one attached hydrogen (secondary N) is 1. The lowest BCUT2D eigenvalue weighted by atomic mass is 10.2. The van der Waals surface area contributed by atoms with Gasteiger partial charge in [0.1, 0.15) is 0 Å². The fourth-order valence-corrected chi connectivity index (χ4v) is 2.58. The molecule has 0 saturated carbocycles. The van der Waals surface area contributed by atoms with E-state index < -0.39 is 0 Å². The average molecular weight is 398 g/mol. The van der Waals surface area contributed by atoms with Crippen LogP contribution < -0.4 is 5.32 Å². The van der Waals surface area contributed by atoms with Crippen molar-refractivity contribution in [1.29, 1.82) is 0 Å².